The van der Waals surface area contributed by atoms with E-state index in [1.807, 2.05) is 23.3 Å². The third kappa shape index (κ3) is 1.99. The fourth-order valence-corrected chi connectivity index (χ4v) is 1.71. The molecule has 2 N–H and O–H groups in total. The van der Waals surface area contributed by atoms with Crippen LogP contribution in [0.5, 0.6) is 5.75 Å². The second-order valence-corrected chi connectivity index (χ2v) is 3.54. The second kappa shape index (κ2) is 4.40. The molecule has 0 amide bonds. The van der Waals surface area contributed by atoms with E-state index in [0.29, 0.717) is 11.4 Å². The Labute approximate surface area is 89.5 Å². The normalized spacial score (nSPS) is 16.5. The van der Waals surface area contributed by atoms with Crippen molar-refractivity contribution in [3.8, 4) is 5.75 Å². The van der Waals surface area contributed by atoms with Crippen LogP contribution in [0.4, 0.5) is 11.4 Å². The summed E-state index contributed by atoms with van der Waals surface area (Å²) in [6.45, 7) is 1.65. The minimum Gasteiger partial charge on any atom is -0.495 e. The molecule has 4 heteroatoms. The SMILES string of the molecule is COc1cccc(N2CCCCO2)c1N. The number of nitrogens with zero attached hydrogens (tertiary/aromatic N) is 1. The van der Waals surface area contributed by atoms with E-state index < -0.39 is 0 Å². The molecular weight excluding hydrogens is 192 g/mol. The Morgan fingerprint density at radius 3 is 2.93 bits per heavy atom. The average molecular weight is 208 g/mol. The summed E-state index contributed by atoms with van der Waals surface area (Å²) in [5, 5.41) is 1.85. The Hall–Kier alpha value is -1.42. The summed E-state index contributed by atoms with van der Waals surface area (Å²) in [6, 6.07) is 5.72. The van der Waals surface area contributed by atoms with Crippen LogP contribution >= 0.6 is 0 Å². The zero-order valence-corrected chi connectivity index (χ0v) is 8.90. The van der Waals surface area contributed by atoms with Gasteiger partial charge in [0, 0.05) is 6.54 Å². The minimum absolute atomic E-state index is 0.641. The Morgan fingerprint density at radius 1 is 1.40 bits per heavy atom. The van der Waals surface area contributed by atoms with Crippen molar-refractivity contribution in [2.45, 2.75) is 12.8 Å². The Bertz CT molecular complexity index is 335. The fourth-order valence-electron chi connectivity index (χ4n) is 1.71. The van der Waals surface area contributed by atoms with Crippen LogP contribution in [-0.4, -0.2) is 20.3 Å². The van der Waals surface area contributed by atoms with E-state index in [1.165, 1.54) is 0 Å². The molecule has 1 aromatic rings. The van der Waals surface area contributed by atoms with Crippen molar-refractivity contribution in [2.24, 2.45) is 0 Å². The van der Waals surface area contributed by atoms with E-state index in [1.54, 1.807) is 7.11 Å². The van der Waals surface area contributed by atoms with Crippen molar-refractivity contribution in [3.63, 3.8) is 0 Å². The quantitative estimate of drug-likeness (QED) is 0.753. The molecule has 0 radical (unpaired) electrons. The first-order valence-corrected chi connectivity index (χ1v) is 5.16. The number of anilines is 2. The number of nitrogens with two attached hydrogens (primary N) is 1. The average Bonchev–Trinajstić information content (AvgIpc) is 2.30. The Balaban J connectivity index is 2.26. The monoisotopic (exact) mass is 208 g/mol. The third-order valence-corrected chi connectivity index (χ3v) is 2.53. The van der Waals surface area contributed by atoms with Gasteiger partial charge in [0.05, 0.1) is 19.4 Å². The Morgan fingerprint density at radius 2 is 2.27 bits per heavy atom. The van der Waals surface area contributed by atoms with E-state index in [4.69, 9.17) is 15.3 Å². The summed E-state index contributed by atoms with van der Waals surface area (Å²) in [5.74, 6) is 0.696. The molecule has 2 rings (SSSR count). The van der Waals surface area contributed by atoms with Crippen molar-refractivity contribution in [3.05, 3.63) is 18.2 Å². The van der Waals surface area contributed by atoms with E-state index in [-0.39, 0.29) is 0 Å². The first-order chi connectivity index (χ1) is 7.33. The predicted molar refractivity (Wildman–Crippen MR) is 59.9 cm³/mol. The van der Waals surface area contributed by atoms with Gasteiger partial charge in [0.1, 0.15) is 11.4 Å². The molecule has 1 aliphatic rings. The summed E-state index contributed by atoms with van der Waals surface area (Å²) in [5.41, 5.74) is 7.52. The van der Waals surface area contributed by atoms with Gasteiger partial charge in [-0.2, -0.15) is 0 Å². The lowest BCUT2D eigenvalue weighted by atomic mass is 10.2. The zero-order chi connectivity index (χ0) is 10.7. The van der Waals surface area contributed by atoms with Gasteiger partial charge in [0.15, 0.2) is 0 Å². The summed E-state index contributed by atoms with van der Waals surface area (Å²) in [4.78, 5) is 5.54. The van der Waals surface area contributed by atoms with Gasteiger partial charge in [-0.25, -0.2) is 0 Å². The van der Waals surface area contributed by atoms with E-state index in [0.717, 1.165) is 31.7 Å². The lowest BCUT2D eigenvalue weighted by Gasteiger charge is -2.29. The zero-order valence-electron chi connectivity index (χ0n) is 8.90. The number of methoxy groups -OCH3 is 1. The maximum atomic E-state index is 5.98. The lowest BCUT2D eigenvalue weighted by Crippen LogP contribution is -2.30. The minimum atomic E-state index is 0.641. The molecular formula is C11H16N2O2. The molecule has 0 unspecified atom stereocenters. The lowest BCUT2D eigenvalue weighted by molar-refractivity contribution is 0.0780. The fraction of sp³-hybridized carbons (Fsp3) is 0.455. The van der Waals surface area contributed by atoms with Crippen LogP contribution in [0, 0.1) is 0 Å². The van der Waals surface area contributed by atoms with E-state index in [9.17, 15) is 0 Å². The number of benzene rings is 1. The molecule has 0 atom stereocenters. The van der Waals surface area contributed by atoms with Crippen LogP contribution in [0.2, 0.25) is 0 Å². The first kappa shape index (κ1) is 10.1. The summed E-state index contributed by atoms with van der Waals surface area (Å²) < 4.78 is 5.17. The van der Waals surface area contributed by atoms with Crippen molar-refractivity contribution >= 4 is 11.4 Å². The highest BCUT2D eigenvalue weighted by atomic mass is 16.7. The van der Waals surface area contributed by atoms with Crippen molar-refractivity contribution in [1.29, 1.82) is 0 Å². The van der Waals surface area contributed by atoms with Gasteiger partial charge in [0.25, 0.3) is 0 Å². The number of hydroxylamine groups is 1. The molecule has 1 aromatic carbocycles. The number of ether oxygens (including phenoxy) is 1. The molecule has 0 bridgehead atoms. The molecule has 15 heavy (non-hydrogen) atoms. The second-order valence-electron chi connectivity index (χ2n) is 3.54. The predicted octanol–water partition coefficient (Wildman–Crippen LogP) is 1.81. The highest BCUT2D eigenvalue weighted by Gasteiger charge is 2.16. The molecule has 4 nitrogen and oxygen atoms in total. The first-order valence-electron chi connectivity index (χ1n) is 5.16. The maximum Gasteiger partial charge on any atom is 0.143 e. The summed E-state index contributed by atoms with van der Waals surface area (Å²) >= 11 is 0. The molecule has 0 aliphatic carbocycles. The smallest absolute Gasteiger partial charge is 0.143 e. The van der Waals surface area contributed by atoms with E-state index >= 15 is 0 Å². The van der Waals surface area contributed by atoms with Crippen molar-refractivity contribution in [2.75, 3.05) is 31.1 Å². The van der Waals surface area contributed by atoms with Crippen LogP contribution in [0.15, 0.2) is 18.2 Å². The van der Waals surface area contributed by atoms with Crippen molar-refractivity contribution < 1.29 is 9.57 Å². The van der Waals surface area contributed by atoms with E-state index in [2.05, 4.69) is 0 Å². The molecule has 1 fully saturated rings. The van der Waals surface area contributed by atoms with Gasteiger partial charge >= 0.3 is 0 Å². The van der Waals surface area contributed by atoms with Gasteiger partial charge in [-0.05, 0) is 25.0 Å². The molecule has 1 aliphatic heterocycles. The van der Waals surface area contributed by atoms with Crippen LogP contribution in [0.3, 0.4) is 0 Å². The number of rotatable bonds is 2. The molecule has 1 heterocycles. The van der Waals surface area contributed by atoms with Gasteiger partial charge in [-0.15, -0.1) is 0 Å². The molecule has 0 aromatic heterocycles. The van der Waals surface area contributed by atoms with Crippen LogP contribution < -0.4 is 15.5 Å². The highest BCUT2D eigenvalue weighted by molar-refractivity contribution is 5.73. The third-order valence-electron chi connectivity index (χ3n) is 2.53. The summed E-state index contributed by atoms with van der Waals surface area (Å²) in [7, 11) is 1.62. The number of nitrogen functional groups attached to an aromatic ring is 1. The molecule has 1 saturated heterocycles. The van der Waals surface area contributed by atoms with Crippen LogP contribution in [-0.2, 0) is 4.84 Å². The largest absolute Gasteiger partial charge is 0.495 e. The van der Waals surface area contributed by atoms with Gasteiger partial charge in [-0.3, -0.25) is 9.90 Å². The van der Waals surface area contributed by atoms with Crippen LogP contribution in [0.1, 0.15) is 12.8 Å². The van der Waals surface area contributed by atoms with Crippen molar-refractivity contribution in [1.82, 2.24) is 0 Å². The van der Waals surface area contributed by atoms with Gasteiger partial charge in [-0.1, -0.05) is 6.07 Å². The number of hydrogen-bond donors (Lipinski definition) is 1. The standard InChI is InChI=1S/C11H16N2O2/c1-14-10-6-4-5-9(11(10)12)13-7-2-3-8-15-13/h4-6H,2-3,7-8,12H2,1H3. The topological polar surface area (TPSA) is 47.7 Å². The number of para-hydroxylation sites is 1. The van der Waals surface area contributed by atoms with Gasteiger partial charge < -0.3 is 10.5 Å². The maximum absolute atomic E-state index is 5.98. The molecule has 0 saturated carbocycles. The molecule has 0 spiro atoms. The summed E-state index contributed by atoms with van der Waals surface area (Å²) in [6.07, 6.45) is 2.25. The van der Waals surface area contributed by atoms with Crippen LogP contribution in [0.25, 0.3) is 0 Å². The van der Waals surface area contributed by atoms with Gasteiger partial charge in [0.2, 0.25) is 0 Å². The highest BCUT2D eigenvalue weighted by Crippen LogP contribution is 2.33. The Kier molecular flexibility index (Phi) is 2.97. The molecule has 82 valence electrons. The number of hydrogen-bond acceptors (Lipinski definition) is 4.